The third-order valence-corrected chi connectivity index (χ3v) is 7.29. The minimum absolute atomic E-state index is 0.141. The van der Waals surface area contributed by atoms with E-state index in [2.05, 4.69) is 24.3 Å². The van der Waals surface area contributed by atoms with Crippen LogP contribution < -0.4 is 10.5 Å². The SMILES string of the molecule is CN1OC2(CC(C3CCCc4ccccc43)Oc3ccc(-c4cc(F)cc(C#N)c4)cc32)N=C1N. The number of nitrogens with zero attached hydrogens (tertiary/aromatic N) is 3. The van der Waals surface area contributed by atoms with Crippen LogP contribution in [0.1, 0.15) is 47.4 Å². The van der Waals surface area contributed by atoms with Crippen molar-refractivity contribution in [2.24, 2.45) is 10.7 Å². The summed E-state index contributed by atoms with van der Waals surface area (Å²) in [6.45, 7) is 0. The lowest BCUT2D eigenvalue weighted by atomic mass is 9.76. The van der Waals surface area contributed by atoms with E-state index in [1.54, 1.807) is 13.1 Å². The minimum atomic E-state index is -1.04. The van der Waals surface area contributed by atoms with Gasteiger partial charge in [0.2, 0.25) is 11.7 Å². The maximum absolute atomic E-state index is 14.2. The van der Waals surface area contributed by atoms with E-state index in [4.69, 9.17) is 20.3 Å². The molecule has 1 aliphatic carbocycles. The number of rotatable bonds is 2. The molecule has 6 nitrogen and oxygen atoms in total. The lowest BCUT2D eigenvalue weighted by Crippen LogP contribution is -2.42. The highest BCUT2D eigenvalue weighted by atomic mass is 19.1. The molecule has 0 bridgehead atoms. The van der Waals surface area contributed by atoms with Crippen LogP contribution in [0.4, 0.5) is 4.39 Å². The number of fused-ring (bicyclic) bond motifs is 3. The number of aliphatic imine (C=N–C) groups is 1. The van der Waals surface area contributed by atoms with Crippen molar-refractivity contribution >= 4 is 5.96 Å². The van der Waals surface area contributed by atoms with Crippen LogP contribution in [0.15, 0.2) is 65.7 Å². The fourth-order valence-electron chi connectivity index (χ4n) is 5.67. The molecule has 0 amide bonds. The Hall–Kier alpha value is -3.89. The Morgan fingerprint density at radius 2 is 2.00 bits per heavy atom. The summed E-state index contributed by atoms with van der Waals surface area (Å²) in [6.07, 6.45) is 3.57. The molecule has 0 radical (unpaired) electrons. The second-order valence-electron chi connectivity index (χ2n) is 9.45. The van der Waals surface area contributed by atoms with E-state index in [0.717, 1.165) is 30.4 Å². The quantitative estimate of drug-likeness (QED) is 0.574. The molecule has 3 aliphatic rings. The Labute approximate surface area is 203 Å². The minimum Gasteiger partial charge on any atom is -0.489 e. The number of hydroxylamine groups is 2. The van der Waals surface area contributed by atoms with Gasteiger partial charge in [0.1, 0.15) is 17.7 Å². The zero-order valence-electron chi connectivity index (χ0n) is 19.4. The molecular weight excluding hydrogens is 443 g/mol. The predicted molar refractivity (Wildman–Crippen MR) is 130 cm³/mol. The molecule has 176 valence electrons. The number of aryl methyl sites for hydroxylation is 1. The van der Waals surface area contributed by atoms with E-state index >= 15 is 0 Å². The van der Waals surface area contributed by atoms with Gasteiger partial charge in [-0.1, -0.05) is 30.3 Å². The van der Waals surface area contributed by atoms with Gasteiger partial charge < -0.3 is 10.5 Å². The van der Waals surface area contributed by atoms with Crippen molar-refractivity contribution in [1.29, 1.82) is 5.26 Å². The number of guanidine groups is 1. The van der Waals surface area contributed by atoms with Crippen molar-refractivity contribution in [2.75, 3.05) is 7.05 Å². The van der Waals surface area contributed by atoms with Crippen LogP contribution in [0, 0.1) is 17.1 Å². The first-order valence-electron chi connectivity index (χ1n) is 11.8. The Morgan fingerprint density at radius 1 is 1.14 bits per heavy atom. The first-order chi connectivity index (χ1) is 17.0. The molecule has 2 N–H and O–H groups in total. The third kappa shape index (κ3) is 3.62. The van der Waals surface area contributed by atoms with E-state index in [-0.39, 0.29) is 17.6 Å². The Morgan fingerprint density at radius 3 is 2.80 bits per heavy atom. The third-order valence-electron chi connectivity index (χ3n) is 7.29. The van der Waals surface area contributed by atoms with Gasteiger partial charge in [0.25, 0.3) is 0 Å². The molecule has 0 saturated heterocycles. The first kappa shape index (κ1) is 21.6. The fraction of sp³-hybridized carbons (Fsp3) is 0.286. The summed E-state index contributed by atoms with van der Waals surface area (Å²) < 4.78 is 20.8. The van der Waals surface area contributed by atoms with E-state index in [1.807, 2.05) is 24.3 Å². The van der Waals surface area contributed by atoms with E-state index in [9.17, 15) is 9.65 Å². The molecule has 2 aliphatic heterocycles. The molecule has 3 aromatic rings. The smallest absolute Gasteiger partial charge is 0.221 e. The maximum atomic E-state index is 14.2. The monoisotopic (exact) mass is 468 g/mol. The van der Waals surface area contributed by atoms with Crippen LogP contribution in [-0.4, -0.2) is 24.2 Å². The van der Waals surface area contributed by atoms with E-state index in [0.29, 0.717) is 23.7 Å². The zero-order chi connectivity index (χ0) is 24.2. The Bertz CT molecular complexity index is 1400. The largest absolute Gasteiger partial charge is 0.489 e. The van der Waals surface area contributed by atoms with Gasteiger partial charge in [-0.3, -0.25) is 0 Å². The summed E-state index contributed by atoms with van der Waals surface area (Å²) in [4.78, 5) is 11.1. The summed E-state index contributed by atoms with van der Waals surface area (Å²) in [6, 6.07) is 20.6. The van der Waals surface area contributed by atoms with E-state index < -0.39 is 11.5 Å². The van der Waals surface area contributed by atoms with E-state index in [1.165, 1.54) is 28.3 Å². The Balaban J connectivity index is 1.45. The van der Waals surface area contributed by atoms with Gasteiger partial charge in [-0.15, -0.1) is 0 Å². The molecule has 3 unspecified atom stereocenters. The lowest BCUT2D eigenvalue weighted by molar-refractivity contribution is -0.192. The highest BCUT2D eigenvalue weighted by Crippen LogP contribution is 2.51. The average Bonchev–Trinajstić information content (AvgIpc) is 3.15. The van der Waals surface area contributed by atoms with Crippen LogP contribution in [-0.2, 0) is 17.0 Å². The summed E-state index contributed by atoms with van der Waals surface area (Å²) in [5.41, 5.74) is 10.2. The van der Waals surface area contributed by atoms with Crippen molar-refractivity contribution in [2.45, 2.75) is 43.4 Å². The second kappa shape index (κ2) is 8.10. The topological polar surface area (TPSA) is 83.9 Å². The summed E-state index contributed by atoms with van der Waals surface area (Å²) >= 11 is 0. The molecule has 0 aromatic heterocycles. The molecule has 7 heteroatoms. The van der Waals surface area contributed by atoms with Crippen molar-refractivity contribution in [3.8, 4) is 22.9 Å². The van der Waals surface area contributed by atoms with Crippen molar-refractivity contribution in [3.63, 3.8) is 0 Å². The van der Waals surface area contributed by atoms with Crippen molar-refractivity contribution < 1.29 is 14.0 Å². The zero-order valence-corrected chi connectivity index (χ0v) is 19.4. The predicted octanol–water partition coefficient (Wildman–Crippen LogP) is 4.98. The summed E-state index contributed by atoms with van der Waals surface area (Å²) in [7, 11) is 1.74. The van der Waals surface area contributed by atoms with Crippen LogP contribution in [0.25, 0.3) is 11.1 Å². The van der Waals surface area contributed by atoms with Crippen molar-refractivity contribution in [1.82, 2.24) is 5.06 Å². The van der Waals surface area contributed by atoms with Gasteiger partial charge in [-0.25, -0.2) is 19.3 Å². The lowest BCUT2D eigenvalue weighted by Gasteiger charge is -2.41. The molecular formula is C28H25FN4O2. The highest BCUT2D eigenvalue weighted by molar-refractivity contribution is 5.79. The number of halogens is 1. The van der Waals surface area contributed by atoms with Gasteiger partial charge in [0.05, 0.1) is 17.2 Å². The van der Waals surface area contributed by atoms with Crippen LogP contribution in [0.5, 0.6) is 5.75 Å². The van der Waals surface area contributed by atoms with Gasteiger partial charge >= 0.3 is 0 Å². The van der Waals surface area contributed by atoms with Crippen LogP contribution >= 0.6 is 0 Å². The van der Waals surface area contributed by atoms with Gasteiger partial charge in [0.15, 0.2) is 0 Å². The second-order valence-corrected chi connectivity index (χ2v) is 9.45. The molecule has 35 heavy (non-hydrogen) atoms. The number of hydrogen-bond acceptors (Lipinski definition) is 6. The first-order valence-corrected chi connectivity index (χ1v) is 11.8. The average molecular weight is 469 g/mol. The number of benzene rings is 3. The van der Waals surface area contributed by atoms with Crippen molar-refractivity contribution in [3.05, 3.63) is 88.7 Å². The molecule has 3 atom stereocenters. The maximum Gasteiger partial charge on any atom is 0.221 e. The molecule has 6 rings (SSSR count). The number of nitrogens with two attached hydrogens (primary N) is 1. The molecule has 3 aromatic carbocycles. The van der Waals surface area contributed by atoms with Gasteiger partial charge in [-0.05, 0) is 71.8 Å². The summed E-state index contributed by atoms with van der Waals surface area (Å²) in [5.74, 6) is 0.732. The number of nitriles is 1. The number of hydrogen-bond donors (Lipinski definition) is 1. The van der Waals surface area contributed by atoms with Crippen LogP contribution in [0.2, 0.25) is 0 Å². The standard InChI is InChI=1S/C28H25FN4O2/c1-33-27(31)32-28(35-33)15-26(23-8-4-6-18-5-2-3-7-22(18)23)34-25-10-9-19(14-24(25)28)20-11-17(16-30)12-21(29)13-20/h2-3,5,7,9-14,23,26H,4,6,8,15H2,1H3,(H2,31,32). The van der Waals surface area contributed by atoms with Gasteiger partial charge in [-0.2, -0.15) is 5.26 Å². The summed E-state index contributed by atoms with van der Waals surface area (Å²) in [5, 5.41) is 10.8. The fourth-order valence-corrected chi connectivity index (χ4v) is 5.67. The molecule has 1 spiro atoms. The molecule has 0 saturated carbocycles. The molecule has 2 heterocycles. The van der Waals surface area contributed by atoms with Gasteiger partial charge in [0, 0.05) is 19.4 Å². The normalized spacial score (nSPS) is 24.8. The number of ether oxygens (including phenoxy) is 1. The molecule has 0 fully saturated rings. The highest BCUT2D eigenvalue weighted by Gasteiger charge is 2.50. The Kier molecular flexibility index (Phi) is 5.01. The van der Waals surface area contributed by atoms with Crippen LogP contribution in [0.3, 0.4) is 0 Å².